The summed E-state index contributed by atoms with van der Waals surface area (Å²) in [4.78, 5) is 17.9. The van der Waals surface area contributed by atoms with Crippen LogP contribution in [0.25, 0.3) is 0 Å². The van der Waals surface area contributed by atoms with Crippen LogP contribution in [-0.4, -0.2) is 20.4 Å². The Morgan fingerprint density at radius 2 is 1.68 bits per heavy atom. The second-order valence-electron chi connectivity index (χ2n) is 3.60. The molecule has 1 aromatic rings. The third kappa shape index (κ3) is 5.41. The molecule has 19 heavy (non-hydrogen) atoms. The Balaban J connectivity index is 3.34. The minimum Gasteiger partial charge on any atom is -0.403 e. The molecule has 0 aliphatic carbocycles. The molecule has 0 heterocycles. The van der Waals surface area contributed by atoms with E-state index in [2.05, 4.69) is 63.7 Å². The first-order valence-electron chi connectivity index (χ1n) is 5.17. The Hall–Kier alpha value is 1.09. The molecule has 108 valence electrons. The maximum absolute atomic E-state index is 11.0. The predicted molar refractivity (Wildman–Crippen MR) is 89.5 cm³/mol. The monoisotopic (exact) mass is 542 g/mol. The van der Waals surface area contributed by atoms with Crippen LogP contribution in [0, 0.1) is 0 Å². The zero-order valence-corrected chi connectivity index (χ0v) is 16.8. The predicted octanol–water partition coefficient (Wildman–Crippen LogP) is 4.56. The smallest absolute Gasteiger partial charge is 0.403 e. The van der Waals surface area contributed by atoms with E-state index in [1.807, 2.05) is 0 Å². The molecule has 0 bridgehead atoms. The van der Waals surface area contributed by atoms with E-state index in [1.165, 1.54) is 0 Å². The molecular weight excluding hydrogens is 535 g/mol. The highest BCUT2D eigenvalue weighted by Gasteiger charge is 2.22. The van der Waals surface area contributed by atoms with Gasteiger partial charge in [0, 0.05) is 15.1 Å². The van der Waals surface area contributed by atoms with E-state index in [4.69, 9.17) is 14.3 Å². The van der Waals surface area contributed by atoms with Crippen molar-refractivity contribution in [3.05, 3.63) is 26.1 Å². The van der Waals surface area contributed by atoms with Gasteiger partial charge in [-0.2, -0.15) is 0 Å². The van der Waals surface area contributed by atoms with Crippen LogP contribution in [-0.2, 0) is 17.4 Å². The lowest BCUT2D eigenvalue weighted by molar-refractivity contribution is 0.282. The molecule has 0 saturated heterocycles. The number of phosphoric acid groups is 1. The SMILES string of the molecule is O=P(O)(O)Oc1cc(CCBr)c(Br)c(CCBr)c1Br. The largest absolute Gasteiger partial charge is 0.524 e. The fraction of sp³-hybridized carbons (Fsp3) is 0.400. The van der Waals surface area contributed by atoms with Crippen molar-refractivity contribution in [3.8, 4) is 5.75 Å². The quantitative estimate of drug-likeness (QED) is 0.406. The van der Waals surface area contributed by atoms with E-state index in [0.717, 1.165) is 32.7 Å². The highest BCUT2D eigenvalue weighted by Crippen LogP contribution is 2.45. The summed E-state index contributed by atoms with van der Waals surface area (Å²) in [6.07, 6.45) is 1.43. The summed E-state index contributed by atoms with van der Waals surface area (Å²) in [5.41, 5.74) is 1.85. The summed E-state index contributed by atoms with van der Waals surface area (Å²) in [5.74, 6) is 0.156. The molecular formula is C10H11Br4O4P. The van der Waals surface area contributed by atoms with Crippen molar-refractivity contribution in [2.24, 2.45) is 0 Å². The van der Waals surface area contributed by atoms with Crippen LogP contribution >= 0.6 is 71.5 Å². The molecule has 0 spiro atoms. The Labute approximate surface area is 145 Å². The molecule has 0 atom stereocenters. The van der Waals surface area contributed by atoms with Crippen molar-refractivity contribution in [3.63, 3.8) is 0 Å². The number of rotatable bonds is 6. The molecule has 0 aromatic heterocycles. The molecule has 0 saturated carbocycles. The Bertz CT molecular complexity index is 503. The Kier molecular flexibility index (Phi) is 7.56. The average molecular weight is 546 g/mol. The highest BCUT2D eigenvalue weighted by molar-refractivity contribution is 9.11. The summed E-state index contributed by atoms with van der Waals surface area (Å²) in [6.45, 7) is 0. The standard InChI is InChI=1S/C10H11Br4O4P/c11-3-1-6-5-8(18-19(15,16)17)10(14)7(2-4-12)9(6)13/h5H,1-4H2,(H2,15,16,17). The van der Waals surface area contributed by atoms with Gasteiger partial charge in [-0.05, 0) is 46.0 Å². The third-order valence-electron chi connectivity index (χ3n) is 2.26. The fourth-order valence-corrected chi connectivity index (χ4v) is 4.43. The molecule has 4 nitrogen and oxygen atoms in total. The number of hydrogen-bond acceptors (Lipinski definition) is 2. The summed E-state index contributed by atoms with van der Waals surface area (Å²) in [5, 5.41) is 1.48. The first-order chi connectivity index (χ1) is 8.80. The molecule has 0 aliphatic heterocycles. The third-order valence-corrected chi connectivity index (χ3v) is 5.34. The van der Waals surface area contributed by atoms with Crippen molar-refractivity contribution in [1.29, 1.82) is 0 Å². The van der Waals surface area contributed by atoms with Gasteiger partial charge in [-0.15, -0.1) is 0 Å². The van der Waals surface area contributed by atoms with Gasteiger partial charge < -0.3 is 4.52 Å². The minimum absolute atomic E-state index is 0.156. The van der Waals surface area contributed by atoms with E-state index in [0.29, 0.717) is 10.9 Å². The zero-order chi connectivity index (χ0) is 14.6. The second-order valence-corrected chi connectivity index (χ2v) is 7.94. The lowest BCUT2D eigenvalue weighted by Gasteiger charge is -2.16. The molecule has 0 unspecified atom stereocenters. The molecule has 0 amide bonds. The van der Waals surface area contributed by atoms with Crippen LogP contribution in [0.2, 0.25) is 0 Å². The van der Waals surface area contributed by atoms with E-state index in [9.17, 15) is 4.57 Å². The number of benzene rings is 1. The molecule has 9 heteroatoms. The number of aryl methyl sites for hydroxylation is 1. The van der Waals surface area contributed by atoms with Crippen LogP contribution in [0.15, 0.2) is 15.0 Å². The molecule has 0 aliphatic rings. The van der Waals surface area contributed by atoms with Crippen LogP contribution in [0.5, 0.6) is 5.75 Å². The molecule has 0 fully saturated rings. The molecule has 2 N–H and O–H groups in total. The van der Waals surface area contributed by atoms with Crippen molar-refractivity contribution in [2.45, 2.75) is 12.8 Å². The van der Waals surface area contributed by atoms with E-state index < -0.39 is 7.82 Å². The second kappa shape index (κ2) is 7.92. The van der Waals surface area contributed by atoms with Gasteiger partial charge in [0.15, 0.2) is 0 Å². The van der Waals surface area contributed by atoms with Gasteiger partial charge in [-0.3, -0.25) is 9.79 Å². The summed E-state index contributed by atoms with van der Waals surface area (Å²) < 4.78 is 17.2. The van der Waals surface area contributed by atoms with E-state index in [-0.39, 0.29) is 5.75 Å². The lowest BCUT2D eigenvalue weighted by atomic mass is 10.1. The molecule has 1 rings (SSSR count). The Morgan fingerprint density at radius 1 is 1.11 bits per heavy atom. The number of alkyl halides is 2. The van der Waals surface area contributed by atoms with Gasteiger partial charge >= 0.3 is 7.82 Å². The van der Waals surface area contributed by atoms with Crippen molar-refractivity contribution in [2.75, 3.05) is 10.7 Å². The summed E-state index contributed by atoms with van der Waals surface area (Å²) >= 11 is 13.6. The lowest BCUT2D eigenvalue weighted by Crippen LogP contribution is -2.00. The van der Waals surface area contributed by atoms with Gasteiger partial charge in [0.05, 0.1) is 4.47 Å². The number of halogens is 4. The minimum atomic E-state index is -4.58. The molecule has 1 aromatic carbocycles. The van der Waals surface area contributed by atoms with E-state index >= 15 is 0 Å². The van der Waals surface area contributed by atoms with Gasteiger partial charge in [-0.25, -0.2) is 4.57 Å². The summed E-state index contributed by atoms with van der Waals surface area (Å²) in [6, 6.07) is 1.63. The van der Waals surface area contributed by atoms with Crippen molar-refractivity contribution in [1.82, 2.24) is 0 Å². The Morgan fingerprint density at radius 3 is 2.16 bits per heavy atom. The van der Waals surface area contributed by atoms with Gasteiger partial charge in [0.1, 0.15) is 5.75 Å². The van der Waals surface area contributed by atoms with Crippen molar-refractivity contribution >= 4 is 71.5 Å². The number of phosphoric ester groups is 1. The normalized spacial score (nSPS) is 11.7. The van der Waals surface area contributed by atoms with Crippen molar-refractivity contribution < 1.29 is 18.9 Å². The fourth-order valence-electron chi connectivity index (χ4n) is 1.52. The van der Waals surface area contributed by atoms with Gasteiger partial charge in [-0.1, -0.05) is 47.8 Å². The topological polar surface area (TPSA) is 66.8 Å². The maximum Gasteiger partial charge on any atom is 0.524 e. The van der Waals surface area contributed by atoms with Crippen LogP contribution in [0.1, 0.15) is 11.1 Å². The maximum atomic E-state index is 11.0. The zero-order valence-electron chi connectivity index (χ0n) is 9.58. The molecule has 0 radical (unpaired) electrons. The first-order valence-corrected chi connectivity index (χ1v) is 10.5. The van der Waals surface area contributed by atoms with Crippen LogP contribution in [0.3, 0.4) is 0 Å². The average Bonchev–Trinajstić information content (AvgIpc) is 2.29. The first kappa shape index (κ1) is 18.1. The van der Waals surface area contributed by atoms with E-state index in [1.54, 1.807) is 6.07 Å². The van der Waals surface area contributed by atoms with Gasteiger partial charge in [0.2, 0.25) is 0 Å². The van der Waals surface area contributed by atoms with Crippen LogP contribution in [0.4, 0.5) is 0 Å². The number of hydrogen-bond donors (Lipinski definition) is 2. The summed E-state index contributed by atoms with van der Waals surface area (Å²) in [7, 11) is -4.58. The highest BCUT2D eigenvalue weighted by atomic mass is 79.9. The van der Waals surface area contributed by atoms with Gasteiger partial charge in [0.25, 0.3) is 0 Å². The van der Waals surface area contributed by atoms with Crippen LogP contribution < -0.4 is 4.52 Å².